The third kappa shape index (κ3) is 13.9. The largest absolute Gasteiger partial charge is 0.479 e. The average molecular weight is 457 g/mol. The van der Waals surface area contributed by atoms with Gasteiger partial charge in [0.25, 0.3) is 0 Å². The standard InChI is InChI=1S/C15H44O4Si6/c1-20(2)15-16-25(18-22(5,6)7,19-23(8,9)10)14-13-24(11,12)17-21(3)4/h20-21H,13-15H2,1-12H3. The molecule has 4 nitrogen and oxygen atoms in total. The molecule has 0 aromatic heterocycles. The fraction of sp³-hybridized carbons (Fsp3) is 1.00. The number of hydrogen-bond acceptors (Lipinski definition) is 4. The highest BCUT2D eigenvalue weighted by atomic mass is 28.5. The van der Waals surface area contributed by atoms with E-state index in [1.807, 2.05) is 0 Å². The quantitative estimate of drug-likeness (QED) is 0.392. The highest BCUT2D eigenvalue weighted by molar-refractivity contribution is 6.87. The first-order valence-corrected chi connectivity index (χ1v) is 27.4. The topological polar surface area (TPSA) is 36.9 Å². The van der Waals surface area contributed by atoms with E-state index >= 15 is 0 Å². The van der Waals surface area contributed by atoms with Gasteiger partial charge in [-0.1, -0.05) is 13.1 Å². The Morgan fingerprint density at radius 2 is 1.12 bits per heavy atom. The second kappa shape index (κ2) is 10.1. The zero-order valence-corrected chi connectivity index (χ0v) is 25.2. The van der Waals surface area contributed by atoms with Gasteiger partial charge in [0.2, 0.25) is 0 Å². The van der Waals surface area contributed by atoms with E-state index in [1.54, 1.807) is 0 Å². The Kier molecular flexibility index (Phi) is 10.5. The highest BCUT2D eigenvalue weighted by Gasteiger charge is 2.48. The molecule has 0 rings (SSSR count). The minimum absolute atomic E-state index is 0.826. The van der Waals surface area contributed by atoms with Crippen molar-refractivity contribution in [1.82, 2.24) is 0 Å². The summed E-state index contributed by atoms with van der Waals surface area (Å²) in [5.74, 6) is 0. The van der Waals surface area contributed by atoms with Crippen LogP contribution in [0.2, 0.25) is 90.7 Å². The van der Waals surface area contributed by atoms with Gasteiger partial charge in [0.1, 0.15) is 0 Å². The van der Waals surface area contributed by atoms with Crippen LogP contribution in [0.3, 0.4) is 0 Å². The maximum Gasteiger partial charge on any atom is 0.479 e. The summed E-state index contributed by atoms with van der Waals surface area (Å²) in [6.45, 7) is 27.3. The van der Waals surface area contributed by atoms with Gasteiger partial charge in [0.15, 0.2) is 34.0 Å². The van der Waals surface area contributed by atoms with Crippen molar-refractivity contribution >= 4 is 51.6 Å². The normalized spacial score (nSPS) is 14.6. The van der Waals surface area contributed by atoms with Gasteiger partial charge >= 0.3 is 8.80 Å². The van der Waals surface area contributed by atoms with Gasteiger partial charge in [-0.05, 0) is 71.5 Å². The van der Waals surface area contributed by atoms with Crippen LogP contribution in [0.5, 0.6) is 0 Å². The Hall–Kier alpha value is 1.14. The van der Waals surface area contributed by atoms with Gasteiger partial charge in [0, 0.05) is 12.3 Å². The summed E-state index contributed by atoms with van der Waals surface area (Å²) in [7, 11) is -9.71. The van der Waals surface area contributed by atoms with Gasteiger partial charge in [-0.15, -0.1) is 0 Å². The van der Waals surface area contributed by atoms with Crippen molar-refractivity contribution in [3.05, 3.63) is 0 Å². The van der Waals surface area contributed by atoms with Gasteiger partial charge in [-0.2, -0.15) is 0 Å². The maximum atomic E-state index is 6.72. The van der Waals surface area contributed by atoms with Crippen LogP contribution in [-0.2, 0) is 16.8 Å². The lowest BCUT2D eigenvalue weighted by Crippen LogP contribution is -2.58. The van der Waals surface area contributed by atoms with E-state index in [9.17, 15) is 0 Å². The Bertz CT molecular complexity index is 374. The van der Waals surface area contributed by atoms with E-state index in [0.717, 1.165) is 18.3 Å². The van der Waals surface area contributed by atoms with Crippen molar-refractivity contribution in [1.29, 1.82) is 0 Å². The molecule has 0 aliphatic heterocycles. The first-order chi connectivity index (χ1) is 11.0. The molecule has 10 heteroatoms. The van der Waals surface area contributed by atoms with Crippen molar-refractivity contribution in [2.45, 2.75) is 90.7 Å². The van der Waals surface area contributed by atoms with Crippen LogP contribution in [0.1, 0.15) is 0 Å². The SMILES string of the molecule is C[SiH](C)CO[Si](CC[Si](C)(C)O[SiH](C)C)(O[Si](C)(C)C)O[Si](C)(C)C. The Morgan fingerprint density at radius 3 is 1.44 bits per heavy atom. The lowest BCUT2D eigenvalue weighted by Gasteiger charge is -2.41. The molecule has 0 aromatic rings. The van der Waals surface area contributed by atoms with Gasteiger partial charge in [-0.3, -0.25) is 0 Å². The van der Waals surface area contributed by atoms with Crippen molar-refractivity contribution < 1.29 is 16.8 Å². The summed E-state index contributed by atoms with van der Waals surface area (Å²) in [5, 5.41) is 0. The molecule has 0 N–H and O–H groups in total. The molecule has 0 aliphatic carbocycles. The molecule has 0 saturated heterocycles. The summed E-state index contributed by atoms with van der Waals surface area (Å²) in [5.41, 5.74) is 0. The molecular formula is C15H44O4Si6. The first kappa shape index (κ1) is 26.1. The fourth-order valence-corrected chi connectivity index (χ4v) is 23.6. The lowest BCUT2D eigenvalue weighted by molar-refractivity contribution is 0.187. The summed E-state index contributed by atoms with van der Waals surface area (Å²) >= 11 is 0. The van der Waals surface area contributed by atoms with Crippen LogP contribution in [0.25, 0.3) is 0 Å². The van der Waals surface area contributed by atoms with Crippen LogP contribution in [0.15, 0.2) is 0 Å². The third-order valence-corrected chi connectivity index (χ3v) is 19.6. The van der Waals surface area contributed by atoms with Crippen molar-refractivity contribution in [2.75, 3.05) is 6.23 Å². The van der Waals surface area contributed by atoms with Crippen LogP contribution in [0.4, 0.5) is 0 Å². The molecule has 0 fully saturated rings. The van der Waals surface area contributed by atoms with E-state index in [1.165, 1.54) is 0 Å². The zero-order chi connectivity index (χ0) is 20.1. The van der Waals surface area contributed by atoms with Crippen molar-refractivity contribution in [3.8, 4) is 0 Å². The molecule has 0 bridgehead atoms. The Balaban J connectivity index is 5.48. The Labute approximate surface area is 165 Å². The molecule has 0 unspecified atom stereocenters. The van der Waals surface area contributed by atoms with Crippen molar-refractivity contribution in [2.24, 2.45) is 0 Å². The summed E-state index contributed by atoms with van der Waals surface area (Å²) in [6, 6.07) is 1.99. The minimum atomic E-state index is -2.66. The molecule has 0 amide bonds. The zero-order valence-electron chi connectivity index (χ0n) is 18.9. The van der Waals surface area contributed by atoms with E-state index in [-0.39, 0.29) is 0 Å². The second-order valence-electron chi connectivity index (χ2n) is 10.2. The van der Waals surface area contributed by atoms with E-state index in [2.05, 4.69) is 78.6 Å². The molecular weight excluding hydrogens is 413 g/mol. The predicted molar refractivity (Wildman–Crippen MR) is 127 cm³/mol. The minimum Gasteiger partial charge on any atom is -0.458 e. The van der Waals surface area contributed by atoms with E-state index < -0.39 is 51.6 Å². The molecule has 0 radical (unpaired) electrons. The lowest BCUT2D eigenvalue weighted by atomic mass is 10.9. The molecule has 0 spiro atoms. The highest BCUT2D eigenvalue weighted by Crippen LogP contribution is 2.30. The molecule has 0 heterocycles. The van der Waals surface area contributed by atoms with Gasteiger partial charge in [0.05, 0.1) is 8.80 Å². The number of hydrogen-bond donors (Lipinski definition) is 0. The van der Waals surface area contributed by atoms with Crippen LogP contribution in [-0.4, -0.2) is 57.8 Å². The summed E-state index contributed by atoms with van der Waals surface area (Å²) in [6.07, 6.45) is 0.850. The predicted octanol–water partition coefficient (Wildman–Crippen LogP) is 4.88. The molecule has 0 saturated carbocycles. The molecule has 152 valence electrons. The summed E-state index contributed by atoms with van der Waals surface area (Å²) < 4.78 is 26.4. The van der Waals surface area contributed by atoms with Crippen LogP contribution < -0.4 is 0 Å². The monoisotopic (exact) mass is 456 g/mol. The molecule has 0 atom stereocenters. The van der Waals surface area contributed by atoms with E-state index in [0.29, 0.717) is 0 Å². The smallest absolute Gasteiger partial charge is 0.458 e. The van der Waals surface area contributed by atoms with Crippen molar-refractivity contribution in [3.63, 3.8) is 0 Å². The third-order valence-electron chi connectivity index (χ3n) is 3.15. The van der Waals surface area contributed by atoms with Crippen LogP contribution >= 0.6 is 0 Å². The van der Waals surface area contributed by atoms with Crippen LogP contribution in [0, 0.1) is 0 Å². The fourth-order valence-electron chi connectivity index (χ4n) is 2.63. The van der Waals surface area contributed by atoms with E-state index in [4.69, 9.17) is 16.8 Å². The number of rotatable bonds is 12. The Morgan fingerprint density at radius 1 is 0.680 bits per heavy atom. The summed E-state index contributed by atoms with van der Waals surface area (Å²) in [4.78, 5) is 0. The average Bonchev–Trinajstić information content (AvgIpc) is 2.28. The van der Waals surface area contributed by atoms with Gasteiger partial charge in [-0.25, -0.2) is 0 Å². The molecule has 0 aromatic carbocycles. The maximum absolute atomic E-state index is 6.72. The second-order valence-corrected chi connectivity index (χ2v) is 32.7. The molecule has 0 aliphatic rings. The molecule has 25 heavy (non-hydrogen) atoms. The first-order valence-electron chi connectivity index (χ1n) is 9.67. The van der Waals surface area contributed by atoms with Gasteiger partial charge < -0.3 is 16.8 Å².